The standard InChI is InChI=1S/C17H12N2O3/c1-18-14-9-11(7-6-10(14)8-15(18)20)19-16(21)12-4-2-3-5-13(12)17(19)22/h2-7,9H,8H2,1H3. The Morgan fingerprint density at radius 3 is 2.18 bits per heavy atom. The predicted molar refractivity (Wildman–Crippen MR) is 81.1 cm³/mol. The Morgan fingerprint density at radius 1 is 0.909 bits per heavy atom. The number of anilines is 2. The number of benzene rings is 2. The van der Waals surface area contributed by atoms with Crippen LogP contribution in [0.2, 0.25) is 0 Å². The molecule has 0 saturated carbocycles. The largest absolute Gasteiger partial charge is 0.315 e. The van der Waals surface area contributed by atoms with E-state index < -0.39 is 0 Å². The smallest absolute Gasteiger partial charge is 0.266 e. The van der Waals surface area contributed by atoms with Crippen LogP contribution in [0.25, 0.3) is 0 Å². The molecule has 0 saturated heterocycles. The van der Waals surface area contributed by atoms with Crippen molar-refractivity contribution in [2.45, 2.75) is 6.42 Å². The molecule has 4 rings (SSSR count). The molecule has 0 fully saturated rings. The van der Waals surface area contributed by atoms with Gasteiger partial charge < -0.3 is 4.90 Å². The maximum Gasteiger partial charge on any atom is 0.266 e. The number of rotatable bonds is 1. The van der Waals surface area contributed by atoms with Crippen molar-refractivity contribution in [2.24, 2.45) is 0 Å². The zero-order valence-corrected chi connectivity index (χ0v) is 11.9. The minimum Gasteiger partial charge on any atom is -0.315 e. The fourth-order valence-corrected chi connectivity index (χ4v) is 2.99. The van der Waals surface area contributed by atoms with E-state index in [0.717, 1.165) is 11.3 Å². The fourth-order valence-electron chi connectivity index (χ4n) is 2.99. The predicted octanol–water partition coefficient (Wildman–Crippen LogP) is 2.01. The summed E-state index contributed by atoms with van der Waals surface area (Å²) >= 11 is 0. The highest BCUT2D eigenvalue weighted by Crippen LogP contribution is 2.35. The SMILES string of the molecule is CN1C(=O)Cc2ccc(N3C(=O)c4ccccc4C3=O)cc21. The second-order valence-electron chi connectivity index (χ2n) is 5.43. The zero-order valence-electron chi connectivity index (χ0n) is 11.9. The Bertz CT molecular complexity index is 822. The lowest BCUT2D eigenvalue weighted by molar-refractivity contribution is -0.117. The molecule has 0 aromatic heterocycles. The van der Waals surface area contributed by atoms with Gasteiger partial charge in [-0.25, -0.2) is 4.90 Å². The Hall–Kier alpha value is -2.95. The summed E-state index contributed by atoms with van der Waals surface area (Å²) in [5, 5.41) is 0. The first-order valence-electron chi connectivity index (χ1n) is 6.95. The Kier molecular flexibility index (Phi) is 2.48. The quantitative estimate of drug-likeness (QED) is 0.755. The second-order valence-corrected chi connectivity index (χ2v) is 5.43. The lowest BCUT2D eigenvalue weighted by atomic mass is 10.1. The molecule has 2 aromatic rings. The third-order valence-corrected chi connectivity index (χ3v) is 4.20. The molecule has 0 atom stereocenters. The number of hydrogen-bond acceptors (Lipinski definition) is 3. The summed E-state index contributed by atoms with van der Waals surface area (Å²) in [6.45, 7) is 0. The van der Waals surface area contributed by atoms with Crippen LogP contribution in [-0.4, -0.2) is 24.8 Å². The third-order valence-electron chi connectivity index (χ3n) is 4.20. The van der Waals surface area contributed by atoms with E-state index in [0.29, 0.717) is 23.2 Å². The first-order chi connectivity index (χ1) is 10.6. The van der Waals surface area contributed by atoms with Gasteiger partial charge >= 0.3 is 0 Å². The van der Waals surface area contributed by atoms with E-state index in [-0.39, 0.29) is 17.7 Å². The van der Waals surface area contributed by atoms with Crippen LogP contribution in [0.5, 0.6) is 0 Å². The van der Waals surface area contributed by atoms with E-state index in [1.807, 2.05) is 0 Å². The van der Waals surface area contributed by atoms with Gasteiger partial charge in [-0.3, -0.25) is 14.4 Å². The van der Waals surface area contributed by atoms with Crippen molar-refractivity contribution in [1.29, 1.82) is 0 Å². The van der Waals surface area contributed by atoms with Crippen LogP contribution in [0, 0.1) is 0 Å². The zero-order chi connectivity index (χ0) is 15.4. The van der Waals surface area contributed by atoms with Crippen molar-refractivity contribution in [3.05, 3.63) is 59.2 Å². The molecule has 2 aromatic carbocycles. The summed E-state index contributed by atoms with van der Waals surface area (Å²) in [6, 6.07) is 12.0. The van der Waals surface area contributed by atoms with E-state index in [1.165, 1.54) is 4.90 Å². The van der Waals surface area contributed by atoms with Crippen LogP contribution in [0.3, 0.4) is 0 Å². The monoisotopic (exact) mass is 292 g/mol. The average molecular weight is 292 g/mol. The molecule has 22 heavy (non-hydrogen) atoms. The van der Waals surface area contributed by atoms with Crippen molar-refractivity contribution < 1.29 is 14.4 Å². The number of imide groups is 1. The molecule has 108 valence electrons. The van der Waals surface area contributed by atoms with Gasteiger partial charge in [0.2, 0.25) is 5.91 Å². The molecule has 2 aliphatic heterocycles. The van der Waals surface area contributed by atoms with Gasteiger partial charge in [0.1, 0.15) is 0 Å². The summed E-state index contributed by atoms with van der Waals surface area (Å²) < 4.78 is 0. The number of carbonyl (C=O) groups is 3. The number of carbonyl (C=O) groups excluding carboxylic acids is 3. The lowest BCUT2D eigenvalue weighted by Gasteiger charge is -2.17. The van der Waals surface area contributed by atoms with Crippen molar-refractivity contribution in [3.8, 4) is 0 Å². The molecule has 5 heteroatoms. The van der Waals surface area contributed by atoms with Gasteiger partial charge in [0, 0.05) is 12.7 Å². The van der Waals surface area contributed by atoms with E-state index in [9.17, 15) is 14.4 Å². The van der Waals surface area contributed by atoms with Crippen LogP contribution in [0.1, 0.15) is 26.3 Å². The van der Waals surface area contributed by atoms with Gasteiger partial charge in [-0.1, -0.05) is 18.2 Å². The molecule has 2 aliphatic rings. The molecule has 0 spiro atoms. The van der Waals surface area contributed by atoms with Crippen LogP contribution >= 0.6 is 0 Å². The maximum absolute atomic E-state index is 12.5. The molecule has 0 radical (unpaired) electrons. The number of likely N-dealkylation sites (N-methyl/N-ethyl adjacent to an activating group) is 1. The van der Waals surface area contributed by atoms with Crippen LogP contribution in [0.15, 0.2) is 42.5 Å². The van der Waals surface area contributed by atoms with Gasteiger partial charge in [-0.05, 0) is 29.8 Å². The third kappa shape index (κ3) is 1.56. The molecule has 2 heterocycles. The summed E-state index contributed by atoms with van der Waals surface area (Å²) in [5.74, 6) is -0.644. The van der Waals surface area contributed by atoms with Crippen molar-refractivity contribution >= 4 is 29.1 Å². The van der Waals surface area contributed by atoms with Gasteiger partial charge in [-0.15, -0.1) is 0 Å². The number of amides is 3. The summed E-state index contributed by atoms with van der Waals surface area (Å²) in [5.41, 5.74) is 2.98. The molecule has 0 N–H and O–H groups in total. The fraction of sp³-hybridized carbons (Fsp3) is 0.118. The number of nitrogens with zero attached hydrogens (tertiary/aromatic N) is 2. The highest BCUT2D eigenvalue weighted by atomic mass is 16.2. The molecular weight excluding hydrogens is 280 g/mol. The first kappa shape index (κ1) is 12.8. The Balaban J connectivity index is 1.81. The molecule has 0 unspecified atom stereocenters. The summed E-state index contributed by atoms with van der Waals surface area (Å²) in [4.78, 5) is 39.4. The van der Waals surface area contributed by atoms with E-state index in [4.69, 9.17) is 0 Å². The second kappa shape index (κ2) is 4.27. The normalized spacial score (nSPS) is 16.3. The Morgan fingerprint density at radius 2 is 1.55 bits per heavy atom. The van der Waals surface area contributed by atoms with Crippen LogP contribution in [-0.2, 0) is 11.2 Å². The van der Waals surface area contributed by atoms with E-state index in [2.05, 4.69) is 0 Å². The lowest BCUT2D eigenvalue weighted by Crippen LogP contribution is -2.29. The van der Waals surface area contributed by atoms with E-state index >= 15 is 0 Å². The van der Waals surface area contributed by atoms with Gasteiger partial charge in [0.25, 0.3) is 11.8 Å². The van der Waals surface area contributed by atoms with Gasteiger partial charge in [0.15, 0.2) is 0 Å². The van der Waals surface area contributed by atoms with Crippen LogP contribution < -0.4 is 9.80 Å². The summed E-state index contributed by atoms with van der Waals surface area (Å²) in [6.07, 6.45) is 0.355. The van der Waals surface area contributed by atoms with Crippen molar-refractivity contribution in [3.63, 3.8) is 0 Å². The highest BCUT2D eigenvalue weighted by Gasteiger charge is 2.37. The highest BCUT2D eigenvalue weighted by molar-refractivity contribution is 6.34. The Labute approximate surface area is 126 Å². The molecular formula is C17H12N2O3. The molecule has 5 nitrogen and oxygen atoms in total. The number of fused-ring (bicyclic) bond motifs is 2. The molecule has 3 amide bonds. The molecule has 0 aliphatic carbocycles. The number of hydrogen-bond donors (Lipinski definition) is 0. The minimum absolute atomic E-state index is 0.00881. The van der Waals surface area contributed by atoms with Gasteiger partial charge in [0.05, 0.1) is 23.2 Å². The average Bonchev–Trinajstić information content (AvgIpc) is 2.95. The van der Waals surface area contributed by atoms with Crippen molar-refractivity contribution in [1.82, 2.24) is 0 Å². The van der Waals surface area contributed by atoms with Crippen molar-refractivity contribution in [2.75, 3.05) is 16.8 Å². The molecule has 0 bridgehead atoms. The topological polar surface area (TPSA) is 57.7 Å². The van der Waals surface area contributed by atoms with Crippen LogP contribution in [0.4, 0.5) is 11.4 Å². The summed E-state index contributed by atoms with van der Waals surface area (Å²) in [7, 11) is 1.69. The minimum atomic E-state index is -0.326. The van der Waals surface area contributed by atoms with Gasteiger partial charge in [-0.2, -0.15) is 0 Å². The first-order valence-corrected chi connectivity index (χ1v) is 6.95. The maximum atomic E-state index is 12.5. The van der Waals surface area contributed by atoms with E-state index in [1.54, 1.807) is 54.4 Å².